The molecule has 1 aliphatic heterocycles. The summed E-state index contributed by atoms with van der Waals surface area (Å²) in [7, 11) is 0. The Hall–Kier alpha value is -1.83. The lowest BCUT2D eigenvalue weighted by molar-refractivity contribution is -0.136. The van der Waals surface area contributed by atoms with Crippen LogP contribution in [0.1, 0.15) is 32.8 Å². The fraction of sp³-hybridized carbons (Fsp3) is 0.571. The van der Waals surface area contributed by atoms with Crippen LogP contribution in [0.15, 0.2) is 30.3 Å². The molecule has 136 valence electrons. The number of benzene rings is 1. The molecule has 1 N–H and O–H groups in total. The molecule has 1 aromatic carbocycles. The van der Waals surface area contributed by atoms with Crippen molar-refractivity contribution in [2.75, 3.05) is 26.2 Å². The summed E-state index contributed by atoms with van der Waals surface area (Å²) in [5.74, 6) is 6.44. The zero-order valence-electron chi connectivity index (χ0n) is 15.6. The monoisotopic (exact) mass is 342 g/mol. The van der Waals surface area contributed by atoms with Crippen LogP contribution < -0.4 is 0 Å². The Labute approximate surface area is 151 Å². The third-order valence-electron chi connectivity index (χ3n) is 4.99. The van der Waals surface area contributed by atoms with Gasteiger partial charge in [0.1, 0.15) is 0 Å². The molecule has 1 fully saturated rings. The summed E-state index contributed by atoms with van der Waals surface area (Å²) in [6, 6.07) is 10.4. The van der Waals surface area contributed by atoms with Crippen LogP contribution >= 0.6 is 0 Å². The van der Waals surface area contributed by atoms with E-state index < -0.39 is 0 Å². The number of likely N-dealkylation sites (tertiary alicyclic amines) is 1. The Morgan fingerprint density at radius 2 is 2.08 bits per heavy atom. The summed E-state index contributed by atoms with van der Waals surface area (Å²) in [5.41, 5.74) is 1.26. The zero-order chi connectivity index (χ0) is 18.2. The molecular formula is C21H30N2O2. The second-order valence-electron chi connectivity index (χ2n) is 7.07. The average molecular weight is 342 g/mol. The maximum Gasteiger partial charge on any atom is 0.225 e. The highest BCUT2D eigenvalue weighted by molar-refractivity contribution is 5.79. The molecule has 4 nitrogen and oxygen atoms in total. The van der Waals surface area contributed by atoms with Gasteiger partial charge in [-0.2, -0.15) is 0 Å². The number of β-amino-alcohol motifs (C(OH)–C–C–N with tert-alkyl or cyclic N) is 1. The highest BCUT2D eigenvalue weighted by atomic mass is 16.3. The summed E-state index contributed by atoms with van der Waals surface area (Å²) in [6.07, 6.45) is 0.333. The van der Waals surface area contributed by atoms with Gasteiger partial charge in [-0.1, -0.05) is 50.1 Å². The van der Waals surface area contributed by atoms with Crippen molar-refractivity contribution in [3.8, 4) is 11.8 Å². The van der Waals surface area contributed by atoms with Crippen LogP contribution in [0, 0.1) is 23.7 Å². The fourth-order valence-corrected chi connectivity index (χ4v) is 3.26. The van der Waals surface area contributed by atoms with Crippen LogP contribution in [0.4, 0.5) is 0 Å². The molecule has 1 amide bonds. The third kappa shape index (κ3) is 5.88. The summed E-state index contributed by atoms with van der Waals surface area (Å²) < 4.78 is 0. The number of carbonyl (C=O) groups is 1. The third-order valence-corrected chi connectivity index (χ3v) is 4.99. The second-order valence-corrected chi connectivity index (χ2v) is 7.07. The molecule has 0 saturated carbocycles. The first-order valence-corrected chi connectivity index (χ1v) is 9.14. The van der Waals surface area contributed by atoms with Crippen LogP contribution in [0.5, 0.6) is 0 Å². The summed E-state index contributed by atoms with van der Waals surface area (Å²) in [6.45, 7) is 9.51. The molecule has 4 heteroatoms. The predicted octanol–water partition coefficient (Wildman–Crippen LogP) is 2.38. The summed E-state index contributed by atoms with van der Waals surface area (Å²) in [5, 5.41) is 9.66. The van der Waals surface area contributed by atoms with Crippen molar-refractivity contribution in [3.05, 3.63) is 35.9 Å². The predicted molar refractivity (Wildman–Crippen MR) is 101 cm³/mol. The molecule has 3 atom stereocenters. The molecule has 1 aliphatic rings. The maximum atomic E-state index is 12.7. The first-order chi connectivity index (χ1) is 12.0. The van der Waals surface area contributed by atoms with Gasteiger partial charge >= 0.3 is 0 Å². The van der Waals surface area contributed by atoms with E-state index in [1.807, 2.05) is 32.0 Å². The number of nitrogens with zero attached hydrogens (tertiary/aromatic N) is 2. The van der Waals surface area contributed by atoms with Gasteiger partial charge in [-0.15, -0.1) is 5.92 Å². The number of amides is 1. The van der Waals surface area contributed by atoms with E-state index in [9.17, 15) is 9.90 Å². The maximum absolute atomic E-state index is 12.7. The molecule has 2 rings (SSSR count). The largest absolute Gasteiger partial charge is 0.391 e. The molecule has 0 radical (unpaired) electrons. The Morgan fingerprint density at radius 3 is 2.68 bits per heavy atom. The lowest BCUT2D eigenvalue weighted by Crippen LogP contribution is -2.40. The zero-order valence-corrected chi connectivity index (χ0v) is 15.6. The molecule has 0 unspecified atom stereocenters. The number of hydrogen-bond acceptors (Lipinski definition) is 3. The molecule has 1 heterocycles. The Kier molecular flexibility index (Phi) is 7.49. The van der Waals surface area contributed by atoms with Gasteiger partial charge in [0.15, 0.2) is 0 Å². The van der Waals surface area contributed by atoms with Crippen LogP contribution in [0.25, 0.3) is 0 Å². The van der Waals surface area contributed by atoms with Crippen LogP contribution in [0.3, 0.4) is 0 Å². The molecule has 1 saturated heterocycles. The molecule has 25 heavy (non-hydrogen) atoms. The van der Waals surface area contributed by atoms with Crippen molar-refractivity contribution in [2.45, 2.75) is 39.8 Å². The van der Waals surface area contributed by atoms with Crippen molar-refractivity contribution in [1.29, 1.82) is 0 Å². The van der Waals surface area contributed by atoms with E-state index >= 15 is 0 Å². The standard InChI is InChI=1S/C21H30N2O2/c1-4-5-12-22(15-19-9-7-6-8-10-19)14-17(2)18(3)21(25)23-13-11-20(24)16-23/h6-10,17-18,20,24H,11-16H2,1-3H3/t17-,18+,20-/m1/s1. The highest BCUT2D eigenvalue weighted by Crippen LogP contribution is 2.20. The van der Waals surface area contributed by atoms with E-state index in [0.29, 0.717) is 26.1 Å². The van der Waals surface area contributed by atoms with Crippen molar-refractivity contribution < 1.29 is 9.90 Å². The topological polar surface area (TPSA) is 43.8 Å². The normalized spacial score (nSPS) is 19.4. The number of carbonyl (C=O) groups excluding carboxylic acids is 1. The van der Waals surface area contributed by atoms with E-state index in [0.717, 1.165) is 13.1 Å². The molecule has 0 bridgehead atoms. The van der Waals surface area contributed by atoms with Crippen molar-refractivity contribution in [3.63, 3.8) is 0 Å². The molecule has 0 aliphatic carbocycles. The lowest BCUT2D eigenvalue weighted by Gasteiger charge is -2.29. The second kappa shape index (κ2) is 9.60. The van der Waals surface area contributed by atoms with Gasteiger partial charge in [-0.05, 0) is 24.8 Å². The van der Waals surface area contributed by atoms with Crippen LogP contribution in [0.2, 0.25) is 0 Å². The van der Waals surface area contributed by atoms with Gasteiger partial charge in [0, 0.05) is 32.1 Å². The van der Waals surface area contributed by atoms with Crippen molar-refractivity contribution in [1.82, 2.24) is 9.80 Å². The fourth-order valence-electron chi connectivity index (χ4n) is 3.26. The Bertz CT molecular complexity index is 605. The summed E-state index contributed by atoms with van der Waals surface area (Å²) in [4.78, 5) is 16.8. The minimum absolute atomic E-state index is 0.0573. The van der Waals surface area contributed by atoms with Gasteiger partial charge in [0.2, 0.25) is 5.91 Å². The van der Waals surface area contributed by atoms with E-state index in [1.165, 1.54) is 5.56 Å². The number of rotatable bonds is 7. The number of aliphatic hydroxyl groups is 1. The molecular weight excluding hydrogens is 312 g/mol. The lowest BCUT2D eigenvalue weighted by atomic mass is 9.93. The molecule has 0 aromatic heterocycles. The summed E-state index contributed by atoms with van der Waals surface area (Å²) >= 11 is 0. The van der Waals surface area contributed by atoms with Gasteiger partial charge in [0.25, 0.3) is 0 Å². The first kappa shape index (κ1) is 19.5. The average Bonchev–Trinajstić information content (AvgIpc) is 3.05. The van der Waals surface area contributed by atoms with Gasteiger partial charge in [0.05, 0.1) is 12.6 Å². The minimum Gasteiger partial charge on any atom is -0.391 e. The smallest absolute Gasteiger partial charge is 0.225 e. The van der Waals surface area contributed by atoms with E-state index in [1.54, 1.807) is 4.90 Å². The highest BCUT2D eigenvalue weighted by Gasteiger charge is 2.30. The van der Waals surface area contributed by atoms with Crippen molar-refractivity contribution in [2.24, 2.45) is 11.8 Å². The SMILES string of the molecule is CC#CCN(Cc1ccccc1)C[C@@H](C)[C@H](C)C(=O)N1CC[C@@H](O)C1. The quantitative estimate of drug-likeness (QED) is 0.774. The van der Waals surface area contributed by atoms with Crippen LogP contribution in [-0.2, 0) is 11.3 Å². The number of hydrogen-bond donors (Lipinski definition) is 1. The van der Waals surface area contributed by atoms with E-state index in [-0.39, 0.29) is 23.8 Å². The molecule has 0 spiro atoms. The van der Waals surface area contributed by atoms with Gasteiger partial charge < -0.3 is 10.0 Å². The Morgan fingerprint density at radius 1 is 1.36 bits per heavy atom. The van der Waals surface area contributed by atoms with Gasteiger partial charge in [-0.3, -0.25) is 9.69 Å². The van der Waals surface area contributed by atoms with Crippen LogP contribution in [-0.4, -0.2) is 53.1 Å². The van der Waals surface area contributed by atoms with E-state index in [4.69, 9.17) is 0 Å². The minimum atomic E-state index is -0.360. The first-order valence-electron chi connectivity index (χ1n) is 9.14. The van der Waals surface area contributed by atoms with Gasteiger partial charge in [-0.25, -0.2) is 0 Å². The molecule has 1 aromatic rings. The van der Waals surface area contributed by atoms with E-state index in [2.05, 4.69) is 35.8 Å². The van der Waals surface area contributed by atoms with Crippen molar-refractivity contribution >= 4 is 5.91 Å². The Balaban J connectivity index is 1.95. The number of aliphatic hydroxyl groups excluding tert-OH is 1.